The summed E-state index contributed by atoms with van der Waals surface area (Å²) in [6.45, 7) is 0. The molecule has 0 spiro atoms. The topological polar surface area (TPSA) is 8.17 Å². The highest BCUT2D eigenvalue weighted by Gasteiger charge is 2.21. The Balaban J connectivity index is 1.01. The molecule has 64 heavy (non-hydrogen) atoms. The maximum absolute atomic E-state index is 2.42. The molecule has 0 saturated heterocycles. The number of fused-ring (bicyclic) bond motifs is 6. The van der Waals surface area contributed by atoms with Crippen molar-refractivity contribution in [1.29, 1.82) is 0 Å². The Hall–Kier alpha value is -8.46. The smallest absolute Gasteiger partial charge is 0.0541 e. The van der Waals surface area contributed by atoms with Crippen molar-refractivity contribution in [3.63, 3.8) is 0 Å². The zero-order chi connectivity index (χ0) is 42.4. The van der Waals surface area contributed by atoms with Crippen LogP contribution in [0.25, 0.3) is 93.5 Å². The molecule has 0 saturated carbocycles. The number of nitrogens with zero attached hydrogens (tertiary/aromatic N) is 2. The first kappa shape index (κ1) is 37.3. The lowest BCUT2D eigenvalue weighted by Gasteiger charge is -2.29. The average molecular weight is 815 g/mol. The van der Waals surface area contributed by atoms with E-state index in [4.69, 9.17) is 0 Å². The summed E-state index contributed by atoms with van der Waals surface area (Å²) in [6.07, 6.45) is 0. The van der Waals surface area contributed by atoms with Crippen molar-refractivity contribution >= 4 is 60.4 Å². The summed E-state index contributed by atoms with van der Waals surface area (Å²) in [5, 5.41) is 7.57. The van der Waals surface area contributed by atoms with E-state index >= 15 is 0 Å². The van der Waals surface area contributed by atoms with Gasteiger partial charge in [-0.15, -0.1) is 0 Å². The largest absolute Gasteiger partial charge is 0.310 e. The highest BCUT2D eigenvalue weighted by atomic mass is 15.1. The minimum atomic E-state index is 1.07. The lowest BCUT2D eigenvalue weighted by atomic mass is 9.88. The summed E-state index contributed by atoms with van der Waals surface area (Å²) in [5.41, 5.74) is 16.3. The van der Waals surface area contributed by atoms with Gasteiger partial charge in [0.05, 0.1) is 16.7 Å². The fourth-order valence-electron chi connectivity index (χ4n) is 9.81. The molecule has 12 rings (SSSR count). The SMILES string of the molecule is c1ccc(-c2ccccc2-c2ccccc2-c2ccccc2N(c2ccc(-c3ccc4c(ccc5ccccc54)c3)cc2)c2ccc(-n3c4ccccc4c4ccccc43)cc2)cc1. The number of aromatic nitrogens is 1. The highest BCUT2D eigenvalue weighted by Crippen LogP contribution is 2.46. The van der Waals surface area contributed by atoms with Crippen LogP contribution in [0.1, 0.15) is 0 Å². The van der Waals surface area contributed by atoms with E-state index in [1.165, 1.54) is 82.3 Å². The summed E-state index contributed by atoms with van der Waals surface area (Å²) < 4.78 is 2.38. The van der Waals surface area contributed by atoms with Crippen LogP contribution in [0.4, 0.5) is 17.1 Å². The summed E-state index contributed by atoms with van der Waals surface area (Å²) in [4.78, 5) is 2.42. The quantitative estimate of drug-likeness (QED) is 0.139. The van der Waals surface area contributed by atoms with Crippen LogP contribution in [0.2, 0.25) is 0 Å². The van der Waals surface area contributed by atoms with Gasteiger partial charge < -0.3 is 9.47 Å². The molecule has 0 aliphatic heterocycles. The zero-order valence-corrected chi connectivity index (χ0v) is 35.1. The van der Waals surface area contributed by atoms with Crippen molar-refractivity contribution in [1.82, 2.24) is 4.57 Å². The first-order chi connectivity index (χ1) is 31.8. The molecule has 11 aromatic carbocycles. The summed E-state index contributed by atoms with van der Waals surface area (Å²) >= 11 is 0. The zero-order valence-electron chi connectivity index (χ0n) is 35.1. The molecule has 0 N–H and O–H groups in total. The predicted molar refractivity (Wildman–Crippen MR) is 272 cm³/mol. The highest BCUT2D eigenvalue weighted by molar-refractivity contribution is 6.10. The maximum Gasteiger partial charge on any atom is 0.0541 e. The van der Waals surface area contributed by atoms with Crippen molar-refractivity contribution in [2.24, 2.45) is 0 Å². The van der Waals surface area contributed by atoms with E-state index in [-0.39, 0.29) is 0 Å². The van der Waals surface area contributed by atoms with E-state index in [0.29, 0.717) is 0 Å². The van der Waals surface area contributed by atoms with Gasteiger partial charge in [0.15, 0.2) is 0 Å². The van der Waals surface area contributed by atoms with E-state index < -0.39 is 0 Å². The number of hydrogen-bond acceptors (Lipinski definition) is 1. The molecule has 0 unspecified atom stereocenters. The fourth-order valence-corrected chi connectivity index (χ4v) is 9.81. The Kier molecular flexibility index (Phi) is 9.20. The van der Waals surface area contributed by atoms with Crippen molar-refractivity contribution < 1.29 is 0 Å². The molecule has 0 aliphatic carbocycles. The maximum atomic E-state index is 2.42. The third-order valence-electron chi connectivity index (χ3n) is 12.8. The Morgan fingerprint density at radius 3 is 1.42 bits per heavy atom. The Morgan fingerprint density at radius 2 is 0.734 bits per heavy atom. The molecule has 0 bridgehead atoms. The molecule has 300 valence electrons. The molecule has 12 aromatic rings. The molecular weight excluding hydrogens is 773 g/mol. The second-order valence-electron chi connectivity index (χ2n) is 16.5. The van der Waals surface area contributed by atoms with Crippen LogP contribution < -0.4 is 4.90 Å². The van der Waals surface area contributed by atoms with Crippen molar-refractivity contribution in [2.75, 3.05) is 4.90 Å². The van der Waals surface area contributed by atoms with E-state index in [1.807, 2.05) is 0 Å². The van der Waals surface area contributed by atoms with Gasteiger partial charge in [0.1, 0.15) is 0 Å². The van der Waals surface area contributed by atoms with Gasteiger partial charge in [-0.25, -0.2) is 0 Å². The van der Waals surface area contributed by atoms with Crippen molar-refractivity contribution in [2.45, 2.75) is 0 Å². The number of benzene rings is 11. The molecule has 0 radical (unpaired) electrons. The third kappa shape index (κ3) is 6.44. The van der Waals surface area contributed by atoms with Crippen LogP contribution in [-0.2, 0) is 0 Å². The third-order valence-corrected chi connectivity index (χ3v) is 12.8. The van der Waals surface area contributed by atoms with Gasteiger partial charge in [0, 0.05) is 33.4 Å². The van der Waals surface area contributed by atoms with E-state index in [0.717, 1.165) is 28.3 Å². The molecule has 2 heteroatoms. The monoisotopic (exact) mass is 814 g/mol. The van der Waals surface area contributed by atoms with Gasteiger partial charge in [-0.3, -0.25) is 0 Å². The Bertz CT molecular complexity index is 3600. The van der Waals surface area contributed by atoms with Gasteiger partial charge >= 0.3 is 0 Å². The van der Waals surface area contributed by atoms with Gasteiger partial charge in [-0.1, -0.05) is 194 Å². The molecule has 1 aromatic heterocycles. The van der Waals surface area contributed by atoms with Crippen LogP contribution >= 0.6 is 0 Å². The van der Waals surface area contributed by atoms with Gasteiger partial charge in [0.2, 0.25) is 0 Å². The van der Waals surface area contributed by atoms with Gasteiger partial charge in [0.25, 0.3) is 0 Å². The van der Waals surface area contributed by atoms with Gasteiger partial charge in [-0.05, 0) is 121 Å². The molecule has 0 aliphatic rings. The van der Waals surface area contributed by atoms with Gasteiger partial charge in [-0.2, -0.15) is 0 Å². The van der Waals surface area contributed by atoms with Crippen molar-refractivity contribution in [3.05, 3.63) is 255 Å². The molecule has 0 fully saturated rings. The number of anilines is 3. The Labute approximate surface area is 373 Å². The summed E-state index contributed by atoms with van der Waals surface area (Å²) in [6, 6.07) is 92.7. The fraction of sp³-hybridized carbons (Fsp3) is 0. The molecule has 0 atom stereocenters. The Morgan fingerprint density at radius 1 is 0.266 bits per heavy atom. The number of hydrogen-bond donors (Lipinski definition) is 0. The van der Waals surface area contributed by atoms with Crippen LogP contribution in [0.15, 0.2) is 255 Å². The minimum absolute atomic E-state index is 1.07. The first-order valence-corrected chi connectivity index (χ1v) is 22.0. The number of rotatable bonds is 8. The minimum Gasteiger partial charge on any atom is -0.310 e. The van der Waals surface area contributed by atoms with Crippen LogP contribution in [0.3, 0.4) is 0 Å². The second-order valence-corrected chi connectivity index (χ2v) is 16.5. The summed E-state index contributed by atoms with van der Waals surface area (Å²) in [5.74, 6) is 0. The van der Waals surface area contributed by atoms with Crippen LogP contribution in [-0.4, -0.2) is 4.57 Å². The average Bonchev–Trinajstić information content (AvgIpc) is 3.71. The van der Waals surface area contributed by atoms with E-state index in [2.05, 4.69) is 264 Å². The van der Waals surface area contributed by atoms with Crippen LogP contribution in [0.5, 0.6) is 0 Å². The van der Waals surface area contributed by atoms with E-state index in [1.54, 1.807) is 0 Å². The second kappa shape index (κ2) is 15.8. The number of para-hydroxylation sites is 3. The molecule has 2 nitrogen and oxygen atoms in total. The van der Waals surface area contributed by atoms with Crippen LogP contribution in [0, 0.1) is 0 Å². The standard InChI is InChI=1S/C62H42N2/c1-2-16-44(17-3-1)52-20-6-7-21-54(52)55-22-8-9-23-56(55)57-24-10-13-27-60(57)63(49-37-39-50(40-38-49)64-61-28-14-11-25-58(61)59-26-12-15-29-62(59)64)48-35-32-43(33-36-48)46-34-41-53-47(42-46)31-30-45-18-4-5-19-51(45)53/h1-42H. The molecule has 0 amide bonds. The lowest BCUT2D eigenvalue weighted by molar-refractivity contribution is 1.17. The first-order valence-electron chi connectivity index (χ1n) is 22.0. The normalized spacial score (nSPS) is 11.4. The van der Waals surface area contributed by atoms with E-state index in [9.17, 15) is 0 Å². The summed E-state index contributed by atoms with van der Waals surface area (Å²) in [7, 11) is 0. The van der Waals surface area contributed by atoms with Crippen molar-refractivity contribution in [3.8, 4) is 50.2 Å². The molecular formula is C62H42N2. The predicted octanol–water partition coefficient (Wildman–Crippen LogP) is 17.2. The molecule has 1 heterocycles. The lowest BCUT2D eigenvalue weighted by Crippen LogP contribution is -2.11.